The third kappa shape index (κ3) is 2.26. The number of aliphatic hydroxyl groups is 1. The highest BCUT2D eigenvalue weighted by Gasteiger charge is 2.39. The first kappa shape index (κ1) is 13.0. The largest absolute Gasteiger partial charge is 0.480 e. The van der Waals surface area contributed by atoms with Gasteiger partial charge in [-0.15, -0.1) is 11.3 Å². The number of rotatable bonds is 2. The number of carboxylic acids is 1. The van der Waals surface area contributed by atoms with E-state index in [9.17, 15) is 14.7 Å². The Morgan fingerprint density at radius 3 is 2.61 bits per heavy atom. The summed E-state index contributed by atoms with van der Waals surface area (Å²) in [6.45, 7) is 3.92. The van der Waals surface area contributed by atoms with Crippen molar-refractivity contribution in [2.24, 2.45) is 0 Å². The quantitative estimate of drug-likeness (QED) is 0.840. The molecule has 0 saturated carbocycles. The van der Waals surface area contributed by atoms with E-state index in [4.69, 9.17) is 5.11 Å². The molecule has 0 aliphatic carbocycles. The first-order valence-corrected chi connectivity index (χ1v) is 6.50. The first-order chi connectivity index (χ1) is 8.40. The lowest BCUT2D eigenvalue weighted by molar-refractivity contribution is -0.141. The van der Waals surface area contributed by atoms with E-state index in [0.29, 0.717) is 4.88 Å². The number of β-amino-alcohol motifs (C(OH)–C–C–N with tert-alkyl or cyclic N) is 1. The van der Waals surface area contributed by atoms with E-state index >= 15 is 0 Å². The Bertz CT molecular complexity index is 477. The van der Waals surface area contributed by atoms with Crippen LogP contribution in [0.25, 0.3) is 0 Å². The number of thiophene rings is 1. The average molecular weight is 269 g/mol. The van der Waals surface area contributed by atoms with Gasteiger partial charge in [0.1, 0.15) is 6.04 Å². The number of aliphatic carboxylic acids is 1. The fourth-order valence-corrected chi connectivity index (χ4v) is 3.08. The third-order valence-corrected chi connectivity index (χ3v) is 4.34. The smallest absolute Gasteiger partial charge is 0.326 e. The van der Waals surface area contributed by atoms with E-state index in [1.54, 1.807) is 6.07 Å². The van der Waals surface area contributed by atoms with Gasteiger partial charge in [-0.25, -0.2) is 4.79 Å². The van der Waals surface area contributed by atoms with Gasteiger partial charge < -0.3 is 15.1 Å². The molecule has 1 aromatic heterocycles. The molecule has 1 aliphatic rings. The van der Waals surface area contributed by atoms with Crippen LogP contribution < -0.4 is 0 Å². The fourth-order valence-electron chi connectivity index (χ4n) is 2.09. The summed E-state index contributed by atoms with van der Waals surface area (Å²) in [4.78, 5) is 26.1. The van der Waals surface area contributed by atoms with E-state index in [0.717, 1.165) is 10.4 Å². The molecule has 1 amide bonds. The van der Waals surface area contributed by atoms with Crippen LogP contribution in [-0.4, -0.2) is 45.7 Å². The molecule has 0 spiro atoms. The molecule has 1 aliphatic heterocycles. The normalized spacial score (nSPS) is 23.4. The summed E-state index contributed by atoms with van der Waals surface area (Å²) in [6, 6.07) is 0.849. The maximum absolute atomic E-state index is 12.2. The number of nitrogens with zero attached hydrogens (tertiary/aromatic N) is 1. The van der Waals surface area contributed by atoms with Crippen LogP contribution in [0.4, 0.5) is 0 Å². The number of hydrogen-bond donors (Lipinski definition) is 2. The SMILES string of the molecule is Cc1cc(C(=O)N2C[C@H](O)C[C@@H]2C(=O)O)sc1C. The van der Waals surface area contributed by atoms with Crippen LogP contribution in [0.2, 0.25) is 0 Å². The predicted octanol–water partition coefficient (Wildman–Crippen LogP) is 1.02. The van der Waals surface area contributed by atoms with Crippen LogP contribution in [0, 0.1) is 13.8 Å². The molecule has 0 bridgehead atoms. The number of aliphatic hydroxyl groups excluding tert-OH is 1. The summed E-state index contributed by atoms with van der Waals surface area (Å²) in [6.07, 6.45) is -0.651. The van der Waals surface area contributed by atoms with Crippen molar-refractivity contribution in [3.8, 4) is 0 Å². The van der Waals surface area contributed by atoms with Crippen LogP contribution in [0.15, 0.2) is 6.07 Å². The summed E-state index contributed by atoms with van der Waals surface area (Å²) in [7, 11) is 0. The molecule has 0 radical (unpaired) electrons. The van der Waals surface area contributed by atoms with Gasteiger partial charge >= 0.3 is 5.97 Å². The van der Waals surface area contributed by atoms with Crippen molar-refractivity contribution >= 4 is 23.2 Å². The summed E-state index contributed by atoms with van der Waals surface area (Å²) in [5.74, 6) is -1.37. The van der Waals surface area contributed by atoms with E-state index in [2.05, 4.69) is 0 Å². The number of carboxylic acid groups (broad SMARTS) is 1. The molecule has 2 atom stereocenters. The van der Waals surface area contributed by atoms with E-state index < -0.39 is 18.1 Å². The molecule has 0 aromatic carbocycles. The molecule has 98 valence electrons. The standard InChI is InChI=1S/C12H15NO4S/c1-6-3-10(18-7(6)2)11(15)13-5-8(14)4-9(13)12(16)17/h3,8-9,14H,4-5H2,1-2H3,(H,16,17)/t8-,9-/m1/s1. The Morgan fingerprint density at radius 1 is 1.44 bits per heavy atom. The molecule has 2 N–H and O–H groups in total. The maximum atomic E-state index is 12.2. The minimum atomic E-state index is -1.06. The molecule has 6 heteroatoms. The number of carbonyl (C=O) groups is 2. The summed E-state index contributed by atoms with van der Waals surface area (Å²) < 4.78 is 0. The highest BCUT2D eigenvalue weighted by molar-refractivity contribution is 7.14. The van der Waals surface area contributed by atoms with Crippen molar-refractivity contribution in [2.75, 3.05) is 6.54 Å². The van der Waals surface area contributed by atoms with Gasteiger partial charge in [-0.05, 0) is 25.5 Å². The summed E-state index contributed by atoms with van der Waals surface area (Å²) in [5.41, 5.74) is 1.02. The fraction of sp³-hybridized carbons (Fsp3) is 0.500. The molecule has 1 saturated heterocycles. The molecule has 18 heavy (non-hydrogen) atoms. The van der Waals surface area contributed by atoms with Gasteiger partial charge in [0.15, 0.2) is 0 Å². The van der Waals surface area contributed by atoms with Crippen molar-refractivity contribution in [3.05, 3.63) is 21.4 Å². The van der Waals surface area contributed by atoms with Crippen molar-refractivity contribution < 1.29 is 19.8 Å². The van der Waals surface area contributed by atoms with Crippen molar-refractivity contribution in [2.45, 2.75) is 32.4 Å². The predicted molar refractivity (Wildman–Crippen MR) is 66.9 cm³/mol. The Hall–Kier alpha value is -1.40. The zero-order valence-corrected chi connectivity index (χ0v) is 11.0. The zero-order valence-electron chi connectivity index (χ0n) is 10.2. The van der Waals surface area contributed by atoms with E-state index in [1.165, 1.54) is 16.2 Å². The summed E-state index contributed by atoms with van der Waals surface area (Å²) >= 11 is 1.36. The third-order valence-electron chi connectivity index (χ3n) is 3.20. The molecule has 2 heterocycles. The van der Waals surface area contributed by atoms with Gasteiger partial charge in [-0.2, -0.15) is 0 Å². The van der Waals surface area contributed by atoms with Crippen LogP contribution in [0.1, 0.15) is 26.5 Å². The highest BCUT2D eigenvalue weighted by Crippen LogP contribution is 2.26. The molecule has 2 rings (SSSR count). The lowest BCUT2D eigenvalue weighted by Gasteiger charge is -2.20. The molecule has 1 fully saturated rings. The topological polar surface area (TPSA) is 77.8 Å². The first-order valence-electron chi connectivity index (χ1n) is 5.69. The van der Waals surface area contributed by atoms with Crippen LogP contribution in [-0.2, 0) is 4.79 Å². The van der Waals surface area contributed by atoms with Crippen LogP contribution in [0.5, 0.6) is 0 Å². The lowest BCUT2D eigenvalue weighted by atomic mass is 10.2. The molecular formula is C12H15NO4S. The van der Waals surface area contributed by atoms with E-state index in [-0.39, 0.29) is 18.9 Å². The monoisotopic (exact) mass is 269 g/mol. The van der Waals surface area contributed by atoms with Gasteiger partial charge in [0.25, 0.3) is 5.91 Å². The maximum Gasteiger partial charge on any atom is 0.326 e. The molecule has 0 unspecified atom stereocenters. The molecule has 1 aromatic rings. The van der Waals surface area contributed by atoms with Gasteiger partial charge in [0.2, 0.25) is 0 Å². The minimum Gasteiger partial charge on any atom is -0.480 e. The molecular weight excluding hydrogens is 254 g/mol. The Balaban J connectivity index is 2.25. The Labute approximate surface area is 109 Å². The number of aryl methyl sites for hydroxylation is 2. The van der Waals surface area contributed by atoms with Gasteiger partial charge in [-0.3, -0.25) is 4.79 Å². The van der Waals surface area contributed by atoms with Gasteiger partial charge in [0, 0.05) is 17.8 Å². The van der Waals surface area contributed by atoms with Gasteiger partial charge in [-0.1, -0.05) is 0 Å². The Morgan fingerprint density at radius 2 is 2.11 bits per heavy atom. The highest BCUT2D eigenvalue weighted by atomic mass is 32.1. The number of hydrogen-bond acceptors (Lipinski definition) is 4. The zero-order chi connectivity index (χ0) is 13.4. The number of amides is 1. The van der Waals surface area contributed by atoms with Crippen molar-refractivity contribution in [3.63, 3.8) is 0 Å². The number of likely N-dealkylation sites (tertiary alicyclic amines) is 1. The minimum absolute atomic E-state index is 0.0891. The Kier molecular flexibility index (Phi) is 3.41. The van der Waals surface area contributed by atoms with Gasteiger partial charge in [0.05, 0.1) is 11.0 Å². The number of carbonyl (C=O) groups excluding carboxylic acids is 1. The summed E-state index contributed by atoms with van der Waals surface area (Å²) in [5, 5.41) is 18.6. The second-order valence-corrected chi connectivity index (χ2v) is 5.81. The second kappa shape index (κ2) is 4.70. The van der Waals surface area contributed by atoms with Crippen molar-refractivity contribution in [1.29, 1.82) is 0 Å². The van der Waals surface area contributed by atoms with Crippen LogP contribution in [0.3, 0.4) is 0 Å². The second-order valence-electron chi connectivity index (χ2n) is 4.55. The lowest BCUT2D eigenvalue weighted by Crippen LogP contribution is -2.40. The molecule has 5 nitrogen and oxygen atoms in total. The van der Waals surface area contributed by atoms with Crippen LogP contribution >= 0.6 is 11.3 Å². The average Bonchev–Trinajstić information content (AvgIpc) is 2.82. The van der Waals surface area contributed by atoms with Crippen molar-refractivity contribution in [1.82, 2.24) is 4.90 Å². The van der Waals surface area contributed by atoms with E-state index in [1.807, 2.05) is 13.8 Å².